The molecule has 2 aliphatic rings. The molecular formula is C18H26N2O3. The van der Waals surface area contributed by atoms with Gasteiger partial charge in [0.05, 0.1) is 19.1 Å². The normalized spacial score (nSPS) is 22.8. The van der Waals surface area contributed by atoms with Crippen molar-refractivity contribution in [2.24, 2.45) is 5.92 Å². The molecule has 1 aromatic carbocycles. The molecule has 5 heteroatoms. The predicted octanol–water partition coefficient (Wildman–Crippen LogP) is 1.64. The maximum absolute atomic E-state index is 12.6. The number of ether oxygens (including phenoxy) is 2. The molecular weight excluding hydrogens is 292 g/mol. The summed E-state index contributed by atoms with van der Waals surface area (Å²) in [5.41, 5.74) is 0. The van der Waals surface area contributed by atoms with E-state index in [2.05, 4.69) is 4.90 Å². The molecule has 23 heavy (non-hydrogen) atoms. The smallest absolute Gasteiger partial charge is 0.227 e. The molecule has 3 rings (SSSR count). The van der Waals surface area contributed by atoms with E-state index in [1.807, 2.05) is 35.2 Å². The Morgan fingerprint density at radius 3 is 2.74 bits per heavy atom. The van der Waals surface area contributed by atoms with Gasteiger partial charge in [-0.1, -0.05) is 18.2 Å². The van der Waals surface area contributed by atoms with E-state index in [-0.39, 0.29) is 5.92 Å². The number of para-hydroxylation sites is 1. The number of likely N-dealkylation sites (tertiary alicyclic amines) is 1. The molecule has 126 valence electrons. The highest BCUT2D eigenvalue weighted by molar-refractivity contribution is 5.79. The van der Waals surface area contributed by atoms with Crippen LogP contribution in [0, 0.1) is 5.92 Å². The summed E-state index contributed by atoms with van der Waals surface area (Å²) < 4.78 is 11.1. The lowest BCUT2D eigenvalue weighted by Gasteiger charge is -2.36. The van der Waals surface area contributed by atoms with Crippen LogP contribution < -0.4 is 4.74 Å². The minimum atomic E-state index is 0.138. The van der Waals surface area contributed by atoms with Gasteiger partial charge in [0.2, 0.25) is 5.91 Å². The lowest BCUT2D eigenvalue weighted by atomic mass is 9.96. The Labute approximate surface area is 138 Å². The van der Waals surface area contributed by atoms with Crippen molar-refractivity contribution in [2.45, 2.75) is 12.8 Å². The van der Waals surface area contributed by atoms with Crippen LogP contribution in [0.1, 0.15) is 12.8 Å². The van der Waals surface area contributed by atoms with Gasteiger partial charge in [0.1, 0.15) is 12.4 Å². The Bertz CT molecular complexity index is 488. The Balaban J connectivity index is 1.43. The molecule has 1 amide bonds. The first-order valence-electron chi connectivity index (χ1n) is 8.59. The van der Waals surface area contributed by atoms with Crippen molar-refractivity contribution in [1.82, 2.24) is 9.80 Å². The Morgan fingerprint density at radius 2 is 1.96 bits per heavy atom. The lowest BCUT2D eigenvalue weighted by molar-refractivity contribution is -0.141. The number of piperidine rings is 1. The van der Waals surface area contributed by atoms with E-state index in [4.69, 9.17) is 9.47 Å². The highest BCUT2D eigenvalue weighted by atomic mass is 16.5. The minimum Gasteiger partial charge on any atom is -0.492 e. The quantitative estimate of drug-likeness (QED) is 0.828. The van der Waals surface area contributed by atoms with Crippen LogP contribution in [0.3, 0.4) is 0 Å². The second-order valence-electron chi connectivity index (χ2n) is 6.24. The number of rotatable bonds is 5. The molecule has 1 atom stereocenters. The first-order valence-corrected chi connectivity index (χ1v) is 8.59. The molecule has 0 aromatic heterocycles. The van der Waals surface area contributed by atoms with Crippen LogP contribution in [0.15, 0.2) is 30.3 Å². The van der Waals surface area contributed by atoms with Crippen LogP contribution in [0.4, 0.5) is 0 Å². The lowest BCUT2D eigenvalue weighted by Crippen LogP contribution is -2.48. The molecule has 2 heterocycles. The largest absolute Gasteiger partial charge is 0.492 e. The van der Waals surface area contributed by atoms with Crippen molar-refractivity contribution in [3.05, 3.63) is 30.3 Å². The first kappa shape index (κ1) is 16.3. The second-order valence-corrected chi connectivity index (χ2v) is 6.24. The summed E-state index contributed by atoms with van der Waals surface area (Å²) in [7, 11) is 0. The van der Waals surface area contributed by atoms with Gasteiger partial charge in [-0.15, -0.1) is 0 Å². The summed E-state index contributed by atoms with van der Waals surface area (Å²) in [6.07, 6.45) is 2.10. The average Bonchev–Trinajstić information content (AvgIpc) is 2.63. The van der Waals surface area contributed by atoms with Crippen molar-refractivity contribution in [1.29, 1.82) is 0 Å². The molecule has 1 unspecified atom stereocenters. The van der Waals surface area contributed by atoms with Gasteiger partial charge in [0.25, 0.3) is 0 Å². The van der Waals surface area contributed by atoms with Gasteiger partial charge in [0.15, 0.2) is 0 Å². The zero-order chi connectivity index (χ0) is 15.9. The standard InChI is InChI=1S/C18H26N2O3/c21-18(20-10-12-22-13-11-20)16-5-4-8-19(15-16)9-14-23-17-6-2-1-3-7-17/h1-3,6-7,16H,4-5,8-15H2. The molecule has 0 aliphatic carbocycles. The Hall–Kier alpha value is -1.59. The summed E-state index contributed by atoms with van der Waals surface area (Å²) in [5.74, 6) is 1.35. The fraction of sp³-hybridized carbons (Fsp3) is 0.611. The molecule has 0 N–H and O–H groups in total. The summed E-state index contributed by atoms with van der Waals surface area (Å²) in [4.78, 5) is 16.9. The summed E-state index contributed by atoms with van der Waals surface area (Å²) >= 11 is 0. The Morgan fingerprint density at radius 1 is 1.17 bits per heavy atom. The van der Waals surface area contributed by atoms with Crippen molar-refractivity contribution < 1.29 is 14.3 Å². The molecule has 0 radical (unpaired) electrons. The number of morpholine rings is 1. The topological polar surface area (TPSA) is 42.0 Å². The summed E-state index contributed by atoms with van der Waals surface area (Å²) in [6, 6.07) is 9.89. The van der Waals surface area contributed by atoms with Crippen LogP contribution in [-0.4, -0.2) is 68.3 Å². The van der Waals surface area contributed by atoms with Crippen molar-refractivity contribution in [3.63, 3.8) is 0 Å². The SMILES string of the molecule is O=C(C1CCCN(CCOc2ccccc2)C1)N1CCOCC1. The number of benzene rings is 1. The van der Waals surface area contributed by atoms with E-state index in [0.717, 1.165) is 51.3 Å². The average molecular weight is 318 g/mol. The fourth-order valence-electron chi connectivity index (χ4n) is 3.31. The number of nitrogens with zero attached hydrogens (tertiary/aromatic N) is 2. The van der Waals surface area contributed by atoms with E-state index >= 15 is 0 Å². The maximum atomic E-state index is 12.6. The van der Waals surface area contributed by atoms with Gasteiger partial charge < -0.3 is 14.4 Å². The van der Waals surface area contributed by atoms with Crippen LogP contribution in [0.2, 0.25) is 0 Å². The van der Waals surface area contributed by atoms with Gasteiger partial charge in [-0.25, -0.2) is 0 Å². The third kappa shape index (κ3) is 4.69. The zero-order valence-electron chi connectivity index (χ0n) is 13.7. The number of hydrogen-bond donors (Lipinski definition) is 0. The van der Waals surface area contributed by atoms with Crippen LogP contribution in [0.5, 0.6) is 5.75 Å². The molecule has 2 aliphatic heterocycles. The number of amides is 1. The van der Waals surface area contributed by atoms with Crippen LogP contribution in [0.25, 0.3) is 0 Å². The highest BCUT2D eigenvalue weighted by Gasteiger charge is 2.29. The summed E-state index contributed by atoms with van der Waals surface area (Å²) in [5, 5.41) is 0. The van der Waals surface area contributed by atoms with E-state index in [1.54, 1.807) is 0 Å². The molecule has 2 fully saturated rings. The van der Waals surface area contributed by atoms with E-state index in [0.29, 0.717) is 25.7 Å². The van der Waals surface area contributed by atoms with Gasteiger partial charge >= 0.3 is 0 Å². The Kier molecular flexibility index (Phi) is 5.88. The third-order valence-electron chi connectivity index (χ3n) is 4.60. The second kappa shape index (κ2) is 8.31. The molecule has 2 saturated heterocycles. The van der Waals surface area contributed by atoms with Crippen molar-refractivity contribution in [2.75, 3.05) is 52.5 Å². The van der Waals surface area contributed by atoms with Gasteiger partial charge in [-0.3, -0.25) is 9.69 Å². The van der Waals surface area contributed by atoms with E-state index in [9.17, 15) is 4.79 Å². The monoisotopic (exact) mass is 318 g/mol. The summed E-state index contributed by atoms with van der Waals surface area (Å²) in [6.45, 7) is 6.29. The molecule has 0 spiro atoms. The zero-order valence-corrected chi connectivity index (χ0v) is 13.7. The van der Waals surface area contributed by atoms with E-state index < -0.39 is 0 Å². The predicted molar refractivity (Wildman–Crippen MR) is 88.5 cm³/mol. The van der Waals surface area contributed by atoms with Crippen molar-refractivity contribution >= 4 is 5.91 Å². The number of carbonyl (C=O) groups is 1. The maximum Gasteiger partial charge on any atom is 0.227 e. The molecule has 1 aromatic rings. The van der Waals surface area contributed by atoms with Gasteiger partial charge in [0, 0.05) is 26.2 Å². The van der Waals surface area contributed by atoms with Crippen molar-refractivity contribution in [3.8, 4) is 5.75 Å². The van der Waals surface area contributed by atoms with Crippen LogP contribution in [-0.2, 0) is 9.53 Å². The highest BCUT2D eigenvalue weighted by Crippen LogP contribution is 2.19. The number of carbonyl (C=O) groups excluding carboxylic acids is 1. The minimum absolute atomic E-state index is 0.138. The van der Waals surface area contributed by atoms with Gasteiger partial charge in [-0.2, -0.15) is 0 Å². The van der Waals surface area contributed by atoms with E-state index in [1.165, 1.54) is 0 Å². The van der Waals surface area contributed by atoms with Gasteiger partial charge in [-0.05, 0) is 31.5 Å². The third-order valence-corrected chi connectivity index (χ3v) is 4.60. The number of hydrogen-bond acceptors (Lipinski definition) is 4. The van der Waals surface area contributed by atoms with Crippen LogP contribution >= 0.6 is 0 Å². The first-order chi connectivity index (χ1) is 11.3. The molecule has 0 saturated carbocycles. The fourth-order valence-corrected chi connectivity index (χ4v) is 3.31. The molecule has 5 nitrogen and oxygen atoms in total. The molecule has 0 bridgehead atoms.